The summed E-state index contributed by atoms with van der Waals surface area (Å²) in [6.45, 7) is 0. The van der Waals surface area contributed by atoms with Crippen LogP contribution in [-0.2, 0) is 0 Å². The summed E-state index contributed by atoms with van der Waals surface area (Å²) in [4.78, 5) is 22.4. The zero-order valence-electron chi connectivity index (χ0n) is 29.8. The summed E-state index contributed by atoms with van der Waals surface area (Å²) in [5, 5.41) is 0. The van der Waals surface area contributed by atoms with Gasteiger partial charge in [-0.05, 0) is 82.4 Å². The van der Waals surface area contributed by atoms with Gasteiger partial charge in [0.15, 0.2) is 5.75 Å². The number of hydrogen-bond donors (Lipinski definition) is 0. The first-order valence-electron chi connectivity index (χ1n) is 18.9. The molecule has 8 nitrogen and oxygen atoms in total. The quantitative estimate of drug-likeness (QED) is 0.178. The molecule has 2 unspecified atom stereocenters. The molecule has 2 aliphatic heterocycles. The highest BCUT2D eigenvalue weighted by Gasteiger charge is 2.44. The van der Waals surface area contributed by atoms with Crippen LogP contribution < -0.4 is 9.64 Å². The number of para-hydroxylation sites is 4. The zero-order chi connectivity index (χ0) is 36.5. The Morgan fingerprint density at radius 1 is 0.554 bits per heavy atom. The molecule has 0 fully saturated rings. The van der Waals surface area contributed by atoms with E-state index in [1.807, 2.05) is 30.6 Å². The van der Waals surface area contributed by atoms with Crippen LogP contribution in [0.25, 0.3) is 89.4 Å². The number of hydrogen-bond acceptors (Lipinski definition) is 6. The lowest BCUT2D eigenvalue weighted by Crippen LogP contribution is -2.37. The number of pyridine rings is 2. The highest BCUT2D eigenvalue weighted by molar-refractivity contribution is 6.08. The average molecular weight is 720 g/mol. The summed E-state index contributed by atoms with van der Waals surface area (Å²) in [5.74, 6) is 1.64. The van der Waals surface area contributed by atoms with E-state index in [0.29, 0.717) is 6.02 Å². The van der Waals surface area contributed by atoms with Gasteiger partial charge in [0.2, 0.25) is 5.78 Å². The molecule has 0 amide bonds. The number of allylic oxidation sites excluding steroid dienone is 2. The lowest BCUT2D eigenvalue weighted by Gasteiger charge is -2.24. The summed E-state index contributed by atoms with van der Waals surface area (Å²) >= 11 is 0. The first-order valence-corrected chi connectivity index (χ1v) is 18.9. The summed E-state index contributed by atoms with van der Waals surface area (Å²) in [7, 11) is 0. The van der Waals surface area contributed by atoms with Crippen LogP contribution >= 0.6 is 0 Å². The molecule has 262 valence electrons. The predicted molar refractivity (Wildman–Crippen MR) is 222 cm³/mol. The molecule has 6 heterocycles. The molecule has 56 heavy (non-hydrogen) atoms. The third kappa shape index (κ3) is 3.96. The second kappa shape index (κ2) is 11.0. The number of ether oxygens (including phenoxy) is 1. The largest absolute Gasteiger partial charge is 0.423 e. The molecule has 13 rings (SSSR count). The van der Waals surface area contributed by atoms with Crippen molar-refractivity contribution in [2.75, 3.05) is 4.90 Å². The van der Waals surface area contributed by atoms with Crippen LogP contribution in [0, 0.1) is 0 Å². The average Bonchev–Trinajstić information content (AvgIpc) is 4.00. The van der Waals surface area contributed by atoms with Gasteiger partial charge < -0.3 is 4.74 Å². The normalized spacial score (nSPS) is 17.0. The van der Waals surface area contributed by atoms with Crippen LogP contribution in [0.5, 0.6) is 5.75 Å². The number of benzene rings is 5. The number of anilines is 1. The first-order chi connectivity index (χ1) is 27.8. The highest BCUT2D eigenvalue weighted by atomic mass is 16.5. The van der Waals surface area contributed by atoms with Crippen molar-refractivity contribution in [1.29, 1.82) is 0 Å². The molecular weight excluding hydrogens is 691 g/mol. The monoisotopic (exact) mass is 719 g/mol. The molecule has 2 atom stereocenters. The van der Waals surface area contributed by atoms with Crippen molar-refractivity contribution >= 4 is 39.6 Å². The van der Waals surface area contributed by atoms with Gasteiger partial charge in [-0.3, -0.25) is 23.8 Å². The summed E-state index contributed by atoms with van der Waals surface area (Å²) in [6.07, 6.45) is 12.2. The Morgan fingerprint density at radius 3 is 2.07 bits per heavy atom. The van der Waals surface area contributed by atoms with Gasteiger partial charge in [0.05, 0.1) is 56.9 Å². The third-order valence-electron chi connectivity index (χ3n) is 11.7. The molecule has 0 saturated carbocycles. The van der Waals surface area contributed by atoms with Crippen molar-refractivity contribution in [3.63, 3.8) is 0 Å². The van der Waals surface area contributed by atoms with Crippen LogP contribution in [-0.4, -0.2) is 42.0 Å². The molecule has 0 bridgehead atoms. The lowest BCUT2D eigenvalue weighted by molar-refractivity contribution is 0.568. The predicted octanol–water partition coefficient (Wildman–Crippen LogP) is 10.3. The molecule has 5 aromatic carbocycles. The molecular formula is C48H29N7O. The van der Waals surface area contributed by atoms with E-state index in [0.717, 1.165) is 101 Å². The molecule has 8 heteroatoms. The van der Waals surface area contributed by atoms with Gasteiger partial charge in [-0.15, -0.1) is 0 Å². The Balaban J connectivity index is 1.10. The molecule has 4 aromatic heterocycles. The molecule has 4 aliphatic rings. The van der Waals surface area contributed by atoms with Crippen molar-refractivity contribution in [1.82, 2.24) is 23.9 Å². The number of aromatic nitrogens is 5. The van der Waals surface area contributed by atoms with Crippen molar-refractivity contribution in [3.05, 3.63) is 164 Å². The van der Waals surface area contributed by atoms with E-state index >= 15 is 0 Å². The summed E-state index contributed by atoms with van der Waals surface area (Å²) in [6, 6.07) is 45.7. The highest BCUT2D eigenvalue weighted by Crippen LogP contribution is 2.52. The maximum Gasteiger partial charge on any atom is 0.299 e. The van der Waals surface area contributed by atoms with E-state index in [1.54, 1.807) is 0 Å². The number of nitrogens with zero attached hydrogens (tertiary/aromatic N) is 7. The zero-order valence-corrected chi connectivity index (χ0v) is 29.8. The smallest absolute Gasteiger partial charge is 0.299 e. The minimum Gasteiger partial charge on any atom is -0.423 e. The Bertz CT molecular complexity index is 3270. The second-order valence-electron chi connectivity index (χ2n) is 14.6. The van der Waals surface area contributed by atoms with Gasteiger partial charge in [0.1, 0.15) is 0 Å². The summed E-state index contributed by atoms with van der Waals surface area (Å²) in [5.41, 5.74) is 16.5. The molecule has 0 spiro atoms. The third-order valence-corrected chi connectivity index (χ3v) is 11.7. The van der Waals surface area contributed by atoms with Crippen molar-refractivity contribution in [2.24, 2.45) is 4.99 Å². The van der Waals surface area contributed by atoms with Gasteiger partial charge in [-0.2, -0.15) is 0 Å². The van der Waals surface area contributed by atoms with Gasteiger partial charge >= 0.3 is 0 Å². The fraction of sp³-hybridized carbons (Fsp3) is 0.0417. The fourth-order valence-corrected chi connectivity index (χ4v) is 9.27. The Kier molecular flexibility index (Phi) is 5.85. The lowest BCUT2D eigenvalue weighted by atomic mass is 9.83. The molecule has 9 aromatic rings. The van der Waals surface area contributed by atoms with Gasteiger partial charge in [-0.25, -0.2) is 9.98 Å². The Morgan fingerprint density at radius 2 is 1.23 bits per heavy atom. The van der Waals surface area contributed by atoms with Crippen LogP contribution in [0.3, 0.4) is 0 Å². The SMILES string of the molecule is C1=CC2N=C3Oc4c(-c5ccc6c(c5)-c5cccnc5-c5ncccc5-c5ccccc5-6)cc(-n5c6ccccc6n6c7ccccc7nc56)cc4N3C2C=C1. The number of imidazole rings is 2. The minimum atomic E-state index is -0.0102. The number of amidine groups is 1. The van der Waals surface area contributed by atoms with Crippen molar-refractivity contribution < 1.29 is 4.74 Å². The fourth-order valence-electron chi connectivity index (χ4n) is 9.27. The molecule has 2 aliphatic carbocycles. The van der Waals surface area contributed by atoms with E-state index < -0.39 is 0 Å². The summed E-state index contributed by atoms with van der Waals surface area (Å²) < 4.78 is 11.4. The number of rotatable bonds is 2. The maximum absolute atomic E-state index is 6.82. The van der Waals surface area contributed by atoms with Gasteiger partial charge in [0.25, 0.3) is 6.02 Å². The van der Waals surface area contributed by atoms with Crippen LogP contribution in [0.2, 0.25) is 0 Å². The maximum atomic E-state index is 6.82. The van der Waals surface area contributed by atoms with Crippen molar-refractivity contribution in [3.8, 4) is 67.3 Å². The van der Waals surface area contributed by atoms with E-state index in [1.165, 1.54) is 0 Å². The molecule has 0 radical (unpaired) electrons. The first kappa shape index (κ1) is 29.8. The van der Waals surface area contributed by atoms with Crippen molar-refractivity contribution in [2.45, 2.75) is 12.1 Å². The van der Waals surface area contributed by atoms with E-state index in [2.05, 4.69) is 147 Å². The molecule has 0 N–H and O–H groups in total. The van der Waals surface area contributed by atoms with Crippen LogP contribution in [0.4, 0.5) is 5.69 Å². The minimum absolute atomic E-state index is 0.0102. The van der Waals surface area contributed by atoms with Crippen LogP contribution in [0.15, 0.2) is 169 Å². The second-order valence-corrected chi connectivity index (χ2v) is 14.6. The topological polar surface area (TPSA) is 72.8 Å². The number of fused-ring (bicyclic) bond motifs is 18. The van der Waals surface area contributed by atoms with E-state index in [9.17, 15) is 0 Å². The van der Waals surface area contributed by atoms with E-state index in [4.69, 9.17) is 24.7 Å². The standard InChI is InChI=1S/C48H29N7O/c1-2-12-31-30(11-1)32-22-21-28(25-36(32)34-14-10-24-50-45(34)44-33(31)13-9-23-49-44)35-26-29(27-43-46(35)56-48-52-38-16-4-6-18-40(38)55(43)48)53-41-19-7-8-20-42(41)54-39-17-5-3-15-37(39)51-47(53)54/h1-27,38,40H. The van der Waals surface area contributed by atoms with Gasteiger partial charge in [0, 0.05) is 29.1 Å². The van der Waals surface area contributed by atoms with Gasteiger partial charge in [-0.1, -0.05) is 97.1 Å². The number of aliphatic imine (C=N–C) groups is 1. The van der Waals surface area contributed by atoms with E-state index in [-0.39, 0.29) is 12.1 Å². The van der Waals surface area contributed by atoms with Crippen LogP contribution in [0.1, 0.15) is 0 Å². The molecule has 0 saturated heterocycles. The Labute approximate surface area is 320 Å². The Hall–Kier alpha value is -7.58.